The van der Waals surface area contributed by atoms with E-state index in [2.05, 4.69) is 41.7 Å². The number of para-hydroxylation sites is 2. The number of rotatable bonds is 16. The number of ketones is 1. The Balaban J connectivity index is 0.866. The molecule has 0 aliphatic heterocycles. The van der Waals surface area contributed by atoms with Crippen LogP contribution >= 0.6 is 0 Å². The second-order valence-corrected chi connectivity index (χ2v) is 18.8. The number of azo groups is 2. The largest absolute Gasteiger partial charge is 0.505 e. The monoisotopic (exact) mass is 1070 g/mol. The van der Waals surface area contributed by atoms with Gasteiger partial charge in [0.05, 0.1) is 25.3 Å². The number of Topliss-reactive ketones (excluding diaryl/α,β-unsaturated/α-hetero) is 1. The number of carbonyl (C=O) groups excluding carboxylic acids is 5. The molecule has 0 bridgehead atoms. The molecule has 17 heteroatoms. The first-order chi connectivity index (χ1) is 39.3. The Kier molecular flexibility index (Phi) is 15.6. The molecule has 9 aromatic carbocycles. The lowest BCUT2D eigenvalue weighted by Crippen LogP contribution is -2.25. The normalized spacial score (nSPS) is 13.1. The lowest BCUT2D eigenvalue weighted by atomic mass is 9.89. The maximum absolute atomic E-state index is 14.3. The molecule has 4 amide bonds. The van der Waals surface area contributed by atoms with Crippen LogP contribution in [0.1, 0.15) is 65.1 Å². The molecule has 0 radical (unpaired) electrons. The molecule has 0 spiro atoms. The zero-order valence-electron chi connectivity index (χ0n) is 43.8. The summed E-state index contributed by atoms with van der Waals surface area (Å²) in [6.45, 7) is 1.90. The summed E-state index contributed by atoms with van der Waals surface area (Å²) < 4.78 is 11.0. The summed E-state index contributed by atoms with van der Waals surface area (Å²) in [5, 5.41) is 54.6. The number of aromatic hydroxyl groups is 2. The van der Waals surface area contributed by atoms with Gasteiger partial charge in [-0.05, 0) is 114 Å². The topological polar surface area (TPSA) is 242 Å². The SMILES string of the molecule is COc1ccc(C(=O)Nc2ccccc2)cc1N=Nc1c(O)c(C(=O)NC2=CC(C)CC(C(=O)c3cccc(NC(=O)c4cc5ccccc5c(N=Nc5cc(C(=O)Nc6ccccc6)ccc5OC)c4O)c3)=C2)cc2ccccc12. The van der Waals surface area contributed by atoms with Gasteiger partial charge in [-0.2, -0.15) is 0 Å². The summed E-state index contributed by atoms with van der Waals surface area (Å²) in [4.78, 5) is 68.9. The Hall–Kier alpha value is -11.1. The number of phenolic OH excluding ortho intramolecular Hbond substituents is 2. The van der Waals surface area contributed by atoms with Gasteiger partial charge in [0.25, 0.3) is 23.6 Å². The Labute approximate surface area is 464 Å². The molecule has 6 N–H and O–H groups in total. The molecule has 1 unspecified atom stereocenters. The standard InChI is InChI=1S/C64H50N8O9/c1-37-29-43(32-47(30-37)68-64(79)51-34-39-16-11-13-24-49(39)57(60(51)75)72-70-53-36-42(26-28-55(53)81-3)62(77)66-45-20-8-5-9-21-45)58(73)40-17-14-22-46(31-40)67-63(78)50-33-38-15-10-12-23-48(38)56(59(50)74)71-69-52-35-41(25-27-54(52)80-2)61(76)65-44-18-6-4-7-19-44/h4-28,30-37,74-75H,29H2,1-3H3,(H,65,76)(H,66,77)(H,67,78)(H,68,79). The fourth-order valence-electron chi connectivity index (χ4n) is 9.22. The van der Waals surface area contributed by atoms with E-state index in [1.807, 2.05) is 19.1 Å². The Bertz CT molecular complexity index is 4100. The van der Waals surface area contributed by atoms with Crippen LogP contribution < -0.4 is 30.7 Å². The molecule has 9 aromatic rings. The molecule has 1 aliphatic rings. The quantitative estimate of drug-likeness (QED) is 0.0398. The molecule has 0 saturated carbocycles. The van der Waals surface area contributed by atoms with Crippen molar-refractivity contribution in [2.75, 3.05) is 30.2 Å². The average molecular weight is 1080 g/mol. The van der Waals surface area contributed by atoms with Gasteiger partial charge in [-0.1, -0.05) is 110 Å². The molecule has 17 nitrogen and oxygen atoms in total. The van der Waals surface area contributed by atoms with E-state index in [9.17, 15) is 34.2 Å². The molecular weight excluding hydrogens is 1020 g/mol. The van der Waals surface area contributed by atoms with Crippen molar-refractivity contribution >= 4 is 90.8 Å². The Morgan fingerprint density at radius 3 is 1.43 bits per heavy atom. The average Bonchev–Trinajstić information content (AvgIpc) is 3.56. The number of fused-ring (bicyclic) bond motifs is 2. The lowest BCUT2D eigenvalue weighted by Gasteiger charge is -2.19. The first-order valence-corrected chi connectivity index (χ1v) is 25.5. The summed E-state index contributed by atoms with van der Waals surface area (Å²) in [6, 6.07) is 50.7. The van der Waals surface area contributed by atoms with Crippen LogP contribution in [0, 0.1) is 5.92 Å². The highest BCUT2D eigenvalue weighted by atomic mass is 16.5. The number of hydrogen-bond acceptors (Lipinski definition) is 13. The highest BCUT2D eigenvalue weighted by Gasteiger charge is 2.25. The number of ether oxygens (including phenoxy) is 2. The summed E-state index contributed by atoms with van der Waals surface area (Å²) in [5.74, 6) is -3.02. The Morgan fingerprint density at radius 1 is 0.469 bits per heavy atom. The van der Waals surface area contributed by atoms with Crippen molar-refractivity contribution < 1.29 is 43.7 Å². The number of amides is 4. The molecule has 10 rings (SSSR count). The van der Waals surface area contributed by atoms with Crippen molar-refractivity contribution in [1.82, 2.24) is 5.32 Å². The van der Waals surface area contributed by atoms with Gasteiger partial charge >= 0.3 is 0 Å². The minimum atomic E-state index is -0.700. The van der Waals surface area contributed by atoms with E-state index in [0.717, 1.165) is 0 Å². The number of nitrogens with zero attached hydrogens (tertiary/aromatic N) is 4. The minimum Gasteiger partial charge on any atom is -0.505 e. The van der Waals surface area contributed by atoms with E-state index < -0.39 is 23.3 Å². The number of phenols is 2. The van der Waals surface area contributed by atoms with Gasteiger partial charge in [-0.25, -0.2) is 0 Å². The zero-order valence-corrected chi connectivity index (χ0v) is 43.8. The van der Waals surface area contributed by atoms with E-state index in [-0.39, 0.29) is 79.8 Å². The van der Waals surface area contributed by atoms with Gasteiger partial charge in [0.1, 0.15) is 34.2 Å². The third-order valence-corrected chi connectivity index (χ3v) is 13.2. The van der Waals surface area contributed by atoms with Crippen LogP contribution in [0.3, 0.4) is 0 Å². The first kappa shape index (κ1) is 53.3. The Morgan fingerprint density at radius 2 is 0.926 bits per heavy atom. The number of methoxy groups -OCH3 is 2. The third-order valence-electron chi connectivity index (χ3n) is 13.2. The number of nitrogens with one attached hydrogen (secondary N) is 4. The fourth-order valence-corrected chi connectivity index (χ4v) is 9.22. The van der Waals surface area contributed by atoms with Gasteiger partial charge in [-0.3, -0.25) is 24.0 Å². The number of anilines is 3. The van der Waals surface area contributed by atoms with Gasteiger partial charge in [-0.15, -0.1) is 20.5 Å². The van der Waals surface area contributed by atoms with Gasteiger partial charge < -0.3 is 41.0 Å². The molecule has 0 fully saturated rings. The van der Waals surface area contributed by atoms with E-state index >= 15 is 0 Å². The van der Waals surface area contributed by atoms with Gasteiger partial charge in [0, 0.05) is 55.8 Å². The van der Waals surface area contributed by atoms with Crippen LogP contribution in [0.25, 0.3) is 21.5 Å². The molecule has 1 atom stereocenters. The lowest BCUT2D eigenvalue weighted by molar-refractivity contribution is 0.0959. The van der Waals surface area contributed by atoms with Crippen LogP contribution in [0.5, 0.6) is 23.0 Å². The molecule has 0 saturated heterocycles. The molecule has 1 aliphatic carbocycles. The van der Waals surface area contributed by atoms with Gasteiger partial charge in [0.2, 0.25) is 0 Å². The molecule has 400 valence electrons. The highest BCUT2D eigenvalue weighted by Crippen LogP contribution is 2.43. The summed E-state index contributed by atoms with van der Waals surface area (Å²) in [6.07, 6.45) is 3.71. The van der Waals surface area contributed by atoms with Crippen molar-refractivity contribution in [3.05, 3.63) is 233 Å². The maximum atomic E-state index is 14.3. The third kappa shape index (κ3) is 11.9. The fraction of sp³-hybridized carbons (Fsp3) is 0.0781. The predicted octanol–water partition coefficient (Wildman–Crippen LogP) is 14.5. The minimum absolute atomic E-state index is 0.00336. The highest BCUT2D eigenvalue weighted by molar-refractivity contribution is 6.14. The predicted molar refractivity (Wildman–Crippen MR) is 310 cm³/mol. The van der Waals surface area contributed by atoms with Crippen LogP contribution in [0.2, 0.25) is 0 Å². The summed E-state index contributed by atoms with van der Waals surface area (Å²) >= 11 is 0. The van der Waals surface area contributed by atoms with Crippen molar-refractivity contribution in [3.8, 4) is 23.0 Å². The number of benzene rings is 9. The van der Waals surface area contributed by atoms with E-state index in [0.29, 0.717) is 62.1 Å². The smallest absolute Gasteiger partial charge is 0.259 e. The van der Waals surface area contributed by atoms with Crippen molar-refractivity contribution in [2.24, 2.45) is 26.4 Å². The number of allylic oxidation sites excluding steroid dienone is 3. The van der Waals surface area contributed by atoms with Gasteiger partial charge in [0.15, 0.2) is 17.3 Å². The second-order valence-electron chi connectivity index (χ2n) is 18.8. The zero-order chi connectivity index (χ0) is 56.6. The molecule has 0 heterocycles. The summed E-state index contributed by atoms with van der Waals surface area (Å²) in [5.41, 5.74) is 3.08. The van der Waals surface area contributed by atoms with Crippen LogP contribution in [0.4, 0.5) is 39.8 Å². The van der Waals surface area contributed by atoms with Crippen LogP contribution in [-0.4, -0.2) is 53.8 Å². The van der Waals surface area contributed by atoms with Crippen molar-refractivity contribution in [2.45, 2.75) is 13.3 Å². The second kappa shape index (κ2) is 23.7. The van der Waals surface area contributed by atoms with E-state index in [1.165, 1.54) is 44.6 Å². The van der Waals surface area contributed by atoms with Crippen LogP contribution in [0.15, 0.2) is 226 Å². The number of carbonyl (C=O) groups is 5. The van der Waals surface area contributed by atoms with E-state index in [1.54, 1.807) is 152 Å². The first-order valence-electron chi connectivity index (χ1n) is 25.5. The van der Waals surface area contributed by atoms with Crippen molar-refractivity contribution in [1.29, 1.82) is 0 Å². The number of hydrogen-bond donors (Lipinski definition) is 6. The van der Waals surface area contributed by atoms with Crippen molar-refractivity contribution in [3.63, 3.8) is 0 Å². The van der Waals surface area contributed by atoms with Crippen LogP contribution in [-0.2, 0) is 0 Å². The van der Waals surface area contributed by atoms with E-state index in [4.69, 9.17) is 9.47 Å². The molecule has 0 aromatic heterocycles. The maximum Gasteiger partial charge on any atom is 0.259 e. The molecule has 81 heavy (non-hydrogen) atoms. The molecular formula is C64H50N8O9. The summed E-state index contributed by atoms with van der Waals surface area (Å²) in [7, 11) is 2.90.